The zero-order valence-electron chi connectivity index (χ0n) is 10.5. The van der Waals surface area contributed by atoms with Gasteiger partial charge in [-0.1, -0.05) is 67.7 Å². The predicted octanol–water partition coefficient (Wildman–Crippen LogP) is 5.72. The standard InChI is InChI=1S/C15H14Br2ClN/c1-10(13-4-2-3-5-14(13)16)19-9-11-6-7-12(18)8-15(11)17/h2-8,10,19H,9H2,1H3/t10-/m0/s1. The lowest BCUT2D eigenvalue weighted by molar-refractivity contribution is 0.572. The molecule has 0 saturated carbocycles. The smallest absolute Gasteiger partial charge is 0.0417 e. The van der Waals surface area contributed by atoms with Crippen LogP contribution in [0.5, 0.6) is 0 Å². The summed E-state index contributed by atoms with van der Waals surface area (Å²) in [6.07, 6.45) is 0. The Bertz CT molecular complexity index is 572. The minimum Gasteiger partial charge on any atom is -0.306 e. The zero-order valence-corrected chi connectivity index (χ0v) is 14.4. The fraction of sp³-hybridized carbons (Fsp3) is 0.200. The van der Waals surface area contributed by atoms with E-state index in [0.717, 1.165) is 20.5 Å². The number of rotatable bonds is 4. The van der Waals surface area contributed by atoms with Crippen LogP contribution in [0.15, 0.2) is 51.4 Å². The molecule has 4 heteroatoms. The maximum absolute atomic E-state index is 5.94. The molecule has 0 bridgehead atoms. The molecule has 1 N–H and O–H groups in total. The van der Waals surface area contributed by atoms with Gasteiger partial charge in [0.25, 0.3) is 0 Å². The van der Waals surface area contributed by atoms with E-state index in [1.807, 2.05) is 24.3 Å². The van der Waals surface area contributed by atoms with Gasteiger partial charge in [-0.2, -0.15) is 0 Å². The second-order valence-electron chi connectivity index (χ2n) is 4.36. The molecule has 2 aromatic rings. The van der Waals surface area contributed by atoms with Crippen molar-refractivity contribution < 1.29 is 0 Å². The molecule has 0 aliphatic rings. The summed E-state index contributed by atoms with van der Waals surface area (Å²) in [5.74, 6) is 0. The fourth-order valence-corrected chi connectivity index (χ4v) is 3.32. The highest BCUT2D eigenvalue weighted by Gasteiger charge is 2.09. The first-order chi connectivity index (χ1) is 9.08. The van der Waals surface area contributed by atoms with Crippen LogP contribution in [0.2, 0.25) is 5.02 Å². The normalized spacial score (nSPS) is 12.4. The summed E-state index contributed by atoms with van der Waals surface area (Å²) in [5.41, 5.74) is 2.45. The third-order valence-corrected chi connectivity index (χ3v) is 4.68. The van der Waals surface area contributed by atoms with Crippen LogP contribution in [0.1, 0.15) is 24.1 Å². The molecule has 2 rings (SSSR count). The summed E-state index contributed by atoms with van der Waals surface area (Å²) in [4.78, 5) is 0. The highest BCUT2D eigenvalue weighted by atomic mass is 79.9. The van der Waals surface area contributed by atoms with Crippen molar-refractivity contribution in [3.63, 3.8) is 0 Å². The van der Waals surface area contributed by atoms with E-state index in [1.165, 1.54) is 11.1 Å². The molecular weight excluding hydrogens is 389 g/mol. The van der Waals surface area contributed by atoms with Gasteiger partial charge in [-0.25, -0.2) is 0 Å². The largest absolute Gasteiger partial charge is 0.306 e. The maximum atomic E-state index is 5.94. The average molecular weight is 404 g/mol. The van der Waals surface area contributed by atoms with Crippen LogP contribution in [0, 0.1) is 0 Å². The van der Waals surface area contributed by atoms with E-state index in [9.17, 15) is 0 Å². The Labute approximate surface area is 135 Å². The molecule has 0 aliphatic carbocycles. The van der Waals surface area contributed by atoms with Crippen LogP contribution < -0.4 is 5.32 Å². The van der Waals surface area contributed by atoms with E-state index in [-0.39, 0.29) is 6.04 Å². The van der Waals surface area contributed by atoms with E-state index in [4.69, 9.17) is 11.6 Å². The van der Waals surface area contributed by atoms with Crippen LogP contribution in [0.4, 0.5) is 0 Å². The van der Waals surface area contributed by atoms with Crippen LogP contribution in [-0.4, -0.2) is 0 Å². The molecule has 1 nitrogen and oxygen atoms in total. The molecule has 0 spiro atoms. The molecule has 0 saturated heterocycles. The van der Waals surface area contributed by atoms with Crippen molar-refractivity contribution in [1.29, 1.82) is 0 Å². The van der Waals surface area contributed by atoms with Crippen LogP contribution in [0.3, 0.4) is 0 Å². The molecule has 100 valence electrons. The molecule has 0 amide bonds. The van der Waals surface area contributed by atoms with Crippen LogP contribution in [-0.2, 0) is 6.54 Å². The number of nitrogens with one attached hydrogen (secondary N) is 1. The maximum Gasteiger partial charge on any atom is 0.0417 e. The third kappa shape index (κ3) is 4.06. The first-order valence-corrected chi connectivity index (χ1v) is 7.96. The van der Waals surface area contributed by atoms with Gasteiger partial charge in [-0.15, -0.1) is 0 Å². The summed E-state index contributed by atoms with van der Waals surface area (Å²) in [5, 5.41) is 4.26. The highest BCUT2D eigenvalue weighted by molar-refractivity contribution is 9.10. The molecule has 2 aromatic carbocycles. The monoisotopic (exact) mass is 401 g/mol. The average Bonchev–Trinajstić information content (AvgIpc) is 2.38. The fourth-order valence-electron chi connectivity index (χ4n) is 1.86. The molecule has 0 unspecified atom stereocenters. The van der Waals surface area contributed by atoms with Crippen molar-refractivity contribution >= 4 is 43.5 Å². The molecule has 1 atom stereocenters. The lowest BCUT2D eigenvalue weighted by Crippen LogP contribution is -2.18. The van der Waals surface area contributed by atoms with E-state index in [1.54, 1.807) is 0 Å². The number of halogens is 3. The van der Waals surface area contributed by atoms with E-state index in [0.29, 0.717) is 0 Å². The van der Waals surface area contributed by atoms with Crippen molar-refractivity contribution in [2.45, 2.75) is 19.5 Å². The molecule has 0 radical (unpaired) electrons. The number of hydrogen-bond donors (Lipinski definition) is 1. The SMILES string of the molecule is C[C@H](NCc1ccc(Cl)cc1Br)c1ccccc1Br. The van der Waals surface area contributed by atoms with Gasteiger partial charge >= 0.3 is 0 Å². The Hall–Kier alpha value is -0.350. The molecule has 0 heterocycles. The summed E-state index contributed by atoms with van der Waals surface area (Å²) < 4.78 is 2.16. The van der Waals surface area contributed by atoms with Gasteiger partial charge in [0.05, 0.1) is 0 Å². The minimum atomic E-state index is 0.276. The second kappa shape index (κ2) is 6.89. The van der Waals surface area contributed by atoms with Crippen molar-refractivity contribution in [2.24, 2.45) is 0 Å². The Morgan fingerprint density at radius 3 is 2.53 bits per heavy atom. The van der Waals surface area contributed by atoms with Gasteiger partial charge in [0.15, 0.2) is 0 Å². The molecule has 0 fully saturated rings. The van der Waals surface area contributed by atoms with E-state index < -0.39 is 0 Å². The highest BCUT2D eigenvalue weighted by Crippen LogP contribution is 2.25. The van der Waals surface area contributed by atoms with Gasteiger partial charge in [-0.05, 0) is 36.2 Å². The lowest BCUT2D eigenvalue weighted by atomic mass is 10.1. The van der Waals surface area contributed by atoms with Crippen molar-refractivity contribution in [3.05, 3.63) is 67.6 Å². The van der Waals surface area contributed by atoms with Gasteiger partial charge in [0.1, 0.15) is 0 Å². The number of hydrogen-bond acceptors (Lipinski definition) is 1. The van der Waals surface area contributed by atoms with Crippen LogP contribution in [0.25, 0.3) is 0 Å². The third-order valence-electron chi connectivity index (χ3n) is 2.99. The Kier molecular flexibility index (Phi) is 5.46. The van der Waals surface area contributed by atoms with Crippen LogP contribution >= 0.6 is 43.5 Å². The summed E-state index contributed by atoms with van der Waals surface area (Å²) >= 11 is 13.1. The van der Waals surface area contributed by atoms with E-state index >= 15 is 0 Å². The summed E-state index contributed by atoms with van der Waals surface area (Å²) in [7, 11) is 0. The summed E-state index contributed by atoms with van der Waals surface area (Å²) in [6.45, 7) is 2.95. The minimum absolute atomic E-state index is 0.276. The Morgan fingerprint density at radius 2 is 1.84 bits per heavy atom. The molecular formula is C15H14Br2ClN. The predicted molar refractivity (Wildman–Crippen MR) is 88.5 cm³/mol. The lowest BCUT2D eigenvalue weighted by Gasteiger charge is -2.16. The van der Waals surface area contributed by atoms with Crippen molar-refractivity contribution in [1.82, 2.24) is 5.32 Å². The summed E-state index contributed by atoms with van der Waals surface area (Å²) in [6, 6.07) is 14.4. The second-order valence-corrected chi connectivity index (χ2v) is 6.50. The Morgan fingerprint density at radius 1 is 1.11 bits per heavy atom. The Balaban J connectivity index is 2.04. The van der Waals surface area contributed by atoms with Gasteiger partial charge in [-0.3, -0.25) is 0 Å². The zero-order chi connectivity index (χ0) is 13.8. The molecule has 19 heavy (non-hydrogen) atoms. The van der Waals surface area contributed by atoms with Gasteiger partial charge < -0.3 is 5.32 Å². The number of benzene rings is 2. The first kappa shape index (κ1) is 15.0. The topological polar surface area (TPSA) is 12.0 Å². The van der Waals surface area contributed by atoms with Crippen molar-refractivity contribution in [3.8, 4) is 0 Å². The van der Waals surface area contributed by atoms with E-state index in [2.05, 4.69) is 62.3 Å². The van der Waals surface area contributed by atoms with Crippen molar-refractivity contribution in [2.75, 3.05) is 0 Å². The first-order valence-electron chi connectivity index (χ1n) is 5.99. The molecule has 0 aromatic heterocycles. The van der Waals surface area contributed by atoms with Gasteiger partial charge in [0, 0.05) is 26.6 Å². The quantitative estimate of drug-likeness (QED) is 0.689. The van der Waals surface area contributed by atoms with Gasteiger partial charge in [0.2, 0.25) is 0 Å². The molecule has 0 aliphatic heterocycles.